The summed E-state index contributed by atoms with van der Waals surface area (Å²) in [5.74, 6) is 0.385. The van der Waals surface area contributed by atoms with Gasteiger partial charge in [0.1, 0.15) is 5.76 Å². The van der Waals surface area contributed by atoms with Crippen molar-refractivity contribution in [3.8, 4) is 0 Å². The first-order valence-corrected chi connectivity index (χ1v) is 7.41. The van der Waals surface area contributed by atoms with Crippen LogP contribution in [0.5, 0.6) is 0 Å². The van der Waals surface area contributed by atoms with Crippen LogP contribution in [0.15, 0.2) is 51.6 Å². The van der Waals surface area contributed by atoms with Crippen LogP contribution >= 0.6 is 15.9 Å². The normalized spacial score (nSPS) is 11.0. The largest absolute Gasteiger partial charge is 0.450 e. The molecule has 1 amide bonds. The molecule has 4 nitrogen and oxygen atoms in total. The van der Waals surface area contributed by atoms with Gasteiger partial charge in [-0.25, -0.2) is 0 Å². The molecule has 0 aliphatic heterocycles. The predicted molar refractivity (Wildman–Crippen MR) is 85.9 cm³/mol. The Kier molecular flexibility index (Phi) is 5.78. The molecule has 0 saturated heterocycles. The molecule has 5 heteroatoms. The van der Waals surface area contributed by atoms with Crippen molar-refractivity contribution in [2.75, 3.05) is 11.9 Å². The number of aliphatic hydroxyl groups excluding tert-OH is 1. The number of anilines is 1. The van der Waals surface area contributed by atoms with E-state index in [2.05, 4.69) is 21.2 Å². The molecule has 110 valence electrons. The molecule has 2 aromatic rings. The lowest BCUT2D eigenvalue weighted by molar-refractivity contribution is -0.111. The summed E-state index contributed by atoms with van der Waals surface area (Å²) in [6, 6.07) is 11.1. The molecule has 0 unspecified atom stereocenters. The van der Waals surface area contributed by atoms with E-state index in [0.717, 1.165) is 17.7 Å². The van der Waals surface area contributed by atoms with Crippen molar-refractivity contribution >= 4 is 33.6 Å². The van der Waals surface area contributed by atoms with Crippen molar-refractivity contribution in [1.82, 2.24) is 0 Å². The first-order chi connectivity index (χ1) is 10.2. The molecule has 0 bridgehead atoms. The number of amides is 1. The van der Waals surface area contributed by atoms with Crippen molar-refractivity contribution in [3.05, 3.63) is 58.5 Å². The zero-order valence-electron chi connectivity index (χ0n) is 11.4. The lowest BCUT2D eigenvalue weighted by atomic mass is 10.1. The molecule has 0 aliphatic rings. The third kappa shape index (κ3) is 5.21. The molecular formula is C16H16BrNO3. The summed E-state index contributed by atoms with van der Waals surface area (Å²) in [5.41, 5.74) is 1.82. The Balaban J connectivity index is 1.94. The monoisotopic (exact) mass is 349 g/mol. The second kappa shape index (κ2) is 7.81. The molecular weight excluding hydrogens is 334 g/mol. The van der Waals surface area contributed by atoms with Gasteiger partial charge in [-0.15, -0.1) is 0 Å². The van der Waals surface area contributed by atoms with Crippen molar-refractivity contribution in [3.63, 3.8) is 0 Å². The van der Waals surface area contributed by atoms with Crippen LogP contribution in [0.1, 0.15) is 17.7 Å². The van der Waals surface area contributed by atoms with Crippen LogP contribution in [-0.4, -0.2) is 17.6 Å². The smallest absolute Gasteiger partial charge is 0.248 e. The summed E-state index contributed by atoms with van der Waals surface area (Å²) in [6.45, 7) is 0.165. The molecule has 0 radical (unpaired) electrons. The van der Waals surface area contributed by atoms with Gasteiger partial charge in [0.15, 0.2) is 4.67 Å². The van der Waals surface area contributed by atoms with Gasteiger partial charge in [-0.3, -0.25) is 4.79 Å². The molecule has 2 rings (SSSR count). The van der Waals surface area contributed by atoms with E-state index in [1.54, 1.807) is 18.2 Å². The lowest BCUT2D eigenvalue weighted by Gasteiger charge is -2.05. The average molecular weight is 350 g/mol. The fourth-order valence-electron chi connectivity index (χ4n) is 1.85. The van der Waals surface area contributed by atoms with Crippen molar-refractivity contribution in [2.45, 2.75) is 12.8 Å². The first-order valence-electron chi connectivity index (χ1n) is 6.61. The maximum absolute atomic E-state index is 11.8. The van der Waals surface area contributed by atoms with E-state index in [0.29, 0.717) is 16.9 Å². The predicted octanol–water partition coefficient (Wildman–Crippen LogP) is 3.62. The van der Waals surface area contributed by atoms with Crippen LogP contribution in [0.3, 0.4) is 0 Å². The van der Waals surface area contributed by atoms with Gasteiger partial charge in [0, 0.05) is 18.4 Å². The van der Waals surface area contributed by atoms with Gasteiger partial charge in [0.25, 0.3) is 0 Å². The maximum atomic E-state index is 11.8. The highest BCUT2D eigenvalue weighted by atomic mass is 79.9. The van der Waals surface area contributed by atoms with E-state index in [1.165, 1.54) is 6.08 Å². The number of furan rings is 1. The Morgan fingerprint density at radius 1 is 1.33 bits per heavy atom. The number of rotatable bonds is 6. The zero-order valence-corrected chi connectivity index (χ0v) is 13.0. The minimum absolute atomic E-state index is 0.165. The van der Waals surface area contributed by atoms with E-state index in [-0.39, 0.29) is 12.5 Å². The first kappa shape index (κ1) is 15.5. The summed E-state index contributed by atoms with van der Waals surface area (Å²) in [6.07, 6.45) is 4.53. The highest BCUT2D eigenvalue weighted by Crippen LogP contribution is 2.15. The molecule has 0 aliphatic carbocycles. The molecule has 21 heavy (non-hydrogen) atoms. The zero-order chi connectivity index (χ0) is 15.1. The Bertz CT molecular complexity index is 634. The average Bonchev–Trinajstić information content (AvgIpc) is 2.89. The van der Waals surface area contributed by atoms with Crippen LogP contribution in [0.4, 0.5) is 5.69 Å². The van der Waals surface area contributed by atoms with Gasteiger partial charge < -0.3 is 14.8 Å². The van der Waals surface area contributed by atoms with Gasteiger partial charge >= 0.3 is 0 Å². The highest BCUT2D eigenvalue weighted by molar-refractivity contribution is 9.10. The van der Waals surface area contributed by atoms with Gasteiger partial charge in [-0.05, 0) is 64.7 Å². The fraction of sp³-hybridized carbons (Fsp3) is 0.188. The Morgan fingerprint density at radius 2 is 2.19 bits per heavy atom. The van der Waals surface area contributed by atoms with Crippen molar-refractivity contribution < 1.29 is 14.3 Å². The minimum atomic E-state index is -0.221. The second-order valence-corrected chi connectivity index (χ2v) is 5.27. The van der Waals surface area contributed by atoms with E-state index in [9.17, 15) is 4.79 Å². The summed E-state index contributed by atoms with van der Waals surface area (Å²) in [5, 5.41) is 11.6. The summed E-state index contributed by atoms with van der Waals surface area (Å²) >= 11 is 3.20. The number of hydrogen-bond donors (Lipinski definition) is 2. The Labute approximate surface area is 131 Å². The van der Waals surface area contributed by atoms with E-state index in [4.69, 9.17) is 9.52 Å². The molecule has 0 spiro atoms. The summed E-state index contributed by atoms with van der Waals surface area (Å²) < 4.78 is 5.90. The second-order valence-electron chi connectivity index (χ2n) is 4.49. The SMILES string of the molecule is O=C(/C=C/c1ccc(Br)o1)Nc1cccc(CCCO)c1. The number of aryl methyl sites for hydroxylation is 1. The molecule has 2 N–H and O–H groups in total. The summed E-state index contributed by atoms with van der Waals surface area (Å²) in [4.78, 5) is 11.8. The third-order valence-electron chi connectivity index (χ3n) is 2.81. The minimum Gasteiger partial charge on any atom is -0.450 e. The number of halogens is 1. The van der Waals surface area contributed by atoms with Gasteiger partial charge in [0.2, 0.25) is 5.91 Å². The quantitative estimate of drug-likeness (QED) is 0.783. The number of nitrogens with one attached hydrogen (secondary N) is 1. The topological polar surface area (TPSA) is 62.5 Å². The van der Waals surface area contributed by atoms with Crippen LogP contribution in [0, 0.1) is 0 Å². The number of carbonyl (C=O) groups is 1. The molecule has 1 heterocycles. The third-order valence-corrected chi connectivity index (χ3v) is 3.24. The highest BCUT2D eigenvalue weighted by Gasteiger charge is 2.01. The molecule has 0 saturated carbocycles. The van der Waals surface area contributed by atoms with E-state index >= 15 is 0 Å². The lowest BCUT2D eigenvalue weighted by Crippen LogP contribution is -2.07. The van der Waals surface area contributed by atoms with E-state index in [1.807, 2.05) is 24.3 Å². The number of carbonyl (C=O) groups excluding carboxylic acids is 1. The maximum Gasteiger partial charge on any atom is 0.248 e. The molecule has 1 aromatic heterocycles. The van der Waals surface area contributed by atoms with Gasteiger partial charge in [-0.1, -0.05) is 12.1 Å². The molecule has 1 aromatic carbocycles. The molecule has 0 fully saturated rings. The van der Waals surface area contributed by atoms with Crippen LogP contribution in [0.2, 0.25) is 0 Å². The number of aliphatic hydroxyl groups is 1. The number of hydrogen-bond acceptors (Lipinski definition) is 3. The summed E-state index contributed by atoms with van der Waals surface area (Å²) in [7, 11) is 0. The molecule has 0 atom stereocenters. The van der Waals surface area contributed by atoms with Crippen LogP contribution in [-0.2, 0) is 11.2 Å². The van der Waals surface area contributed by atoms with Crippen molar-refractivity contribution in [1.29, 1.82) is 0 Å². The van der Waals surface area contributed by atoms with Gasteiger partial charge in [0.05, 0.1) is 0 Å². The Hall–Kier alpha value is -1.85. The van der Waals surface area contributed by atoms with Crippen LogP contribution < -0.4 is 5.32 Å². The van der Waals surface area contributed by atoms with Crippen molar-refractivity contribution in [2.24, 2.45) is 0 Å². The Morgan fingerprint density at radius 3 is 2.90 bits per heavy atom. The fourth-order valence-corrected chi connectivity index (χ4v) is 2.17. The number of benzene rings is 1. The van der Waals surface area contributed by atoms with Gasteiger partial charge in [-0.2, -0.15) is 0 Å². The van der Waals surface area contributed by atoms with Crippen LogP contribution in [0.25, 0.3) is 6.08 Å². The van der Waals surface area contributed by atoms with E-state index < -0.39 is 0 Å². The standard InChI is InChI=1S/C16H16BrNO3/c17-15-8-6-14(21-15)7-9-16(20)18-13-5-1-3-12(11-13)4-2-10-19/h1,3,5-9,11,19H,2,4,10H2,(H,18,20)/b9-7+.